The third-order valence-electron chi connectivity index (χ3n) is 3.52. The minimum absolute atomic E-state index is 0.183. The van der Waals surface area contributed by atoms with Crippen LogP contribution in [-0.2, 0) is 0 Å². The van der Waals surface area contributed by atoms with Crippen LogP contribution in [0, 0.1) is 0 Å². The molecule has 0 bridgehead atoms. The van der Waals surface area contributed by atoms with Crippen molar-refractivity contribution in [1.29, 1.82) is 0 Å². The van der Waals surface area contributed by atoms with E-state index in [1.165, 1.54) is 0 Å². The number of benzene rings is 2. The molecule has 0 fully saturated rings. The van der Waals surface area contributed by atoms with Crippen LogP contribution in [0.4, 0.5) is 0 Å². The monoisotopic (exact) mass is 278 g/mol. The van der Waals surface area contributed by atoms with E-state index >= 15 is 0 Å². The highest BCUT2D eigenvalue weighted by Gasteiger charge is 2.10. The molecule has 0 radical (unpaired) electrons. The summed E-state index contributed by atoms with van der Waals surface area (Å²) in [4.78, 5) is 4.47. The summed E-state index contributed by atoms with van der Waals surface area (Å²) in [5.74, 6) is 0.866. The molecule has 2 N–H and O–H groups in total. The number of para-hydroxylation sites is 1. The largest absolute Gasteiger partial charge is 0.494 e. The SMILES string of the molecule is CCOc1ccc(C(N)c2cnc3ccccc3c2)cc1. The first kappa shape index (κ1) is 13.6. The summed E-state index contributed by atoms with van der Waals surface area (Å²) < 4.78 is 5.45. The first-order valence-electron chi connectivity index (χ1n) is 7.11. The van der Waals surface area contributed by atoms with Gasteiger partial charge in [-0.15, -0.1) is 0 Å². The van der Waals surface area contributed by atoms with E-state index in [0.717, 1.165) is 27.8 Å². The fourth-order valence-corrected chi connectivity index (χ4v) is 2.39. The molecular formula is C18H18N2O. The molecule has 0 spiro atoms. The third kappa shape index (κ3) is 2.88. The van der Waals surface area contributed by atoms with E-state index in [2.05, 4.69) is 17.1 Å². The summed E-state index contributed by atoms with van der Waals surface area (Å²) in [6.07, 6.45) is 1.85. The zero-order chi connectivity index (χ0) is 14.7. The van der Waals surface area contributed by atoms with Crippen LogP contribution in [0.15, 0.2) is 60.8 Å². The quantitative estimate of drug-likeness (QED) is 0.792. The lowest BCUT2D eigenvalue weighted by molar-refractivity contribution is 0.340. The lowest BCUT2D eigenvalue weighted by Crippen LogP contribution is -2.12. The van der Waals surface area contributed by atoms with Gasteiger partial charge in [-0.25, -0.2) is 0 Å². The van der Waals surface area contributed by atoms with Gasteiger partial charge in [-0.1, -0.05) is 30.3 Å². The number of aromatic nitrogens is 1. The van der Waals surface area contributed by atoms with E-state index in [9.17, 15) is 0 Å². The summed E-state index contributed by atoms with van der Waals surface area (Å²) in [5, 5.41) is 1.11. The van der Waals surface area contributed by atoms with Gasteiger partial charge in [0.05, 0.1) is 18.2 Å². The number of hydrogen-bond donors (Lipinski definition) is 1. The average Bonchev–Trinajstić information content (AvgIpc) is 2.55. The van der Waals surface area contributed by atoms with Crippen molar-refractivity contribution in [1.82, 2.24) is 4.98 Å². The van der Waals surface area contributed by atoms with Crippen LogP contribution in [0.5, 0.6) is 5.75 Å². The number of fused-ring (bicyclic) bond motifs is 1. The standard InChI is InChI=1S/C18H18N2O/c1-2-21-16-9-7-13(8-10-16)18(19)15-11-14-5-3-4-6-17(14)20-12-15/h3-12,18H,2,19H2,1H3. The Morgan fingerprint density at radius 2 is 1.81 bits per heavy atom. The van der Waals surface area contributed by atoms with E-state index in [4.69, 9.17) is 10.5 Å². The number of hydrogen-bond acceptors (Lipinski definition) is 3. The topological polar surface area (TPSA) is 48.1 Å². The molecule has 0 aliphatic rings. The fraction of sp³-hybridized carbons (Fsp3) is 0.167. The lowest BCUT2D eigenvalue weighted by Gasteiger charge is -2.13. The number of rotatable bonds is 4. The Morgan fingerprint density at radius 1 is 1.05 bits per heavy atom. The molecule has 1 aromatic heterocycles. The second-order valence-electron chi connectivity index (χ2n) is 4.94. The maximum atomic E-state index is 6.35. The normalized spacial score (nSPS) is 12.3. The molecule has 0 aliphatic heterocycles. The van der Waals surface area contributed by atoms with E-state index in [1.54, 1.807) is 0 Å². The smallest absolute Gasteiger partial charge is 0.119 e. The molecule has 0 amide bonds. The Bertz CT molecular complexity index is 738. The van der Waals surface area contributed by atoms with Crippen molar-refractivity contribution in [3.8, 4) is 5.75 Å². The molecule has 3 heteroatoms. The first-order chi connectivity index (χ1) is 10.3. The Labute approximate surface area is 124 Å². The molecule has 21 heavy (non-hydrogen) atoms. The van der Waals surface area contributed by atoms with Gasteiger partial charge < -0.3 is 10.5 Å². The number of nitrogens with zero attached hydrogens (tertiary/aromatic N) is 1. The molecule has 3 rings (SSSR count). The minimum atomic E-state index is -0.183. The number of pyridine rings is 1. The van der Waals surface area contributed by atoms with Crippen LogP contribution in [0.1, 0.15) is 24.1 Å². The summed E-state index contributed by atoms with van der Waals surface area (Å²) >= 11 is 0. The summed E-state index contributed by atoms with van der Waals surface area (Å²) in [6.45, 7) is 2.64. The van der Waals surface area contributed by atoms with E-state index in [1.807, 2.05) is 55.6 Å². The second-order valence-corrected chi connectivity index (χ2v) is 4.94. The van der Waals surface area contributed by atoms with Gasteiger partial charge in [-0.3, -0.25) is 4.98 Å². The molecule has 2 aromatic carbocycles. The summed E-state index contributed by atoms with van der Waals surface area (Å²) in [5.41, 5.74) is 9.40. The van der Waals surface area contributed by atoms with Crippen molar-refractivity contribution >= 4 is 10.9 Å². The molecular weight excluding hydrogens is 260 g/mol. The van der Waals surface area contributed by atoms with Crippen molar-refractivity contribution in [3.63, 3.8) is 0 Å². The highest BCUT2D eigenvalue weighted by Crippen LogP contribution is 2.24. The maximum absolute atomic E-state index is 6.35. The first-order valence-corrected chi connectivity index (χ1v) is 7.11. The summed E-state index contributed by atoms with van der Waals surface area (Å²) in [7, 11) is 0. The molecule has 0 saturated carbocycles. The second kappa shape index (κ2) is 5.94. The minimum Gasteiger partial charge on any atom is -0.494 e. The average molecular weight is 278 g/mol. The van der Waals surface area contributed by atoms with Crippen LogP contribution in [0.25, 0.3) is 10.9 Å². The predicted molar refractivity (Wildman–Crippen MR) is 85.4 cm³/mol. The van der Waals surface area contributed by atoms with Gasteiger partial charge in [0, 0.05) is 11.6 Å². The Hall–Kier alpha value is -2.39. The zero-order valence-corrected chi connectivity index (χ0v) is 12.0. The van der Waals surface area contributed by atoms with Crippen LogP contribution in [0.3, 0.4) is 0 Å². The number of ether oxygens (including phenoxy) is 1. The fourth-order valence-electron chi connectivity index (χ4n) is 2.39. The Balaban J connectivity index is 1.90. The van der Waals surface area contributed by atoms with Crippen LogP contribution < -0.4 is 10.5 Å². The Morgan fingerprint density at radius 3 is 2.57 bits per heavy atom. The van der Waals surface area contributed by atoms with Crippen molar-refractivity contribution in [2.24, 2.45) is 5.73 Å². The predicted octanol–water partition coefficient (Wildman–Crippen LogP) is 3.68. The molecule has 3 aromatic rings. The van der Waals surface area contributed by atoms with Crippen molar-refractivity contribution < 1.29 is 4.74 Å². The zero-order valence-electron chi connectivity index (χ0n) is 12.0. The number of nitrogens with two attached hydrogens (primary N) is 1. The van der Waals surface area contributed by atoms with Gasteiger partial charge in [-0.05, 0) is 42.3 Å². The van der Waals surface area contributed by atoms with Crippen molar-refractivity contribution in [2.75, 3.05) is 6.61 Å². The molecule has 3 nitrogen and oxygen atoms in total. The van der Waals surface area contributed by atoms with Crippen LogP contribution >= 0.6 is 0 Å². The van der Waals surface area contributed by atoms with Gasteiger partial charge in [0.2, 0.25) is 0 Å². The third-order valence-corrected chi connectivity index (χ3v) is 3.52. The van der Waals surface area contributed by atoms with Gasteiger partial charge in [0.15, 0.2) is 0 Å². The highest BCUT2D eigenvalue weighted by atomic mass is 16.5. The lowest BCUT2D eigenvalue weighted by atomic mass is 10.00. The molecule has 0 aliphatic carbocycles. The highest BCUT2D eigenvalue weighted by molar-refractivity contribution is 5.78. The Kier molecular flexibility index (Phi) is 3.84. The maximum Gasteiger partial charge on any atom is 0.119 e. The van der Waals surface area contributed by atoms with E-state index < -0.39 is 0 Å². The van der Waals surface area contributed by atoms with Crippen LogP contribution in [-0.4, -0.2) is 11.6 Å². The van der Waals surface area contributed by atoms with E-state index in [0.29, 0.717) is 6.61 Å². The summed E-state index contributed by atoms with van der Waals surface area (Å²) in [6, 6.07) is 17.9. The van der Waals surface area contributed by atoms with E-state index in [-0.39, 0.29) is 6.04 Å². The molecule has 1 heterocycles. The van der Waals surface area contributed by atoms with Gasteiger partial charge in [-0.2, -0.15) is 0 Å². The van der Waals surface area contributed by atoms with Gasteiger partial charge in [0.25, 0.3) is 0 Å². The molecule has 106 valence electrons. The van der Waals surface area contributed by atoms with Crippen LogP contribution in [0.2, 0.25) is 0 Å². The van der Waals surface area contributed by atoms with Gasteiger partial charge in [0.1, 0.15) is 5.75 Å². The molecule has 0 saturated heterocycles. The molecule has 1 unspecified atom stereocenters. The van der Waals surface area contributed by atoms with Gasteiger partial charge >= 0.3 is 0 Å². The van der Waals surface area contributed by atoms with Crippen molar-refractivity contribution in [2.45, 2.75) is 13.0 Å². The van der Waals surface area contributed by atoms with Crippen molar-refractivity contribution in [3.05, 3.63) is 71.9 Å². The molecule has 1 atom stereocenters.